The lowest BCUT2D eigenvalue weighted by molar-refractivity contribution is -0.121. The Bertz CT molecular complexity index is 631. The fourth-order valence-corrected chi connectivity index (χ4v) is 3.01. The lowest BCUT2D eigenvalue weighted by Gasteiger charge is -2.26. The number of hydrogen-bond acceptors (Lipinski definition) is 4. The van der Waals surface area contributed by atoms with E-state index >= 15 is 0 Å². The molecule has 0 radical (unpaired) electrons. The molecule has 0 heterocycles. The van der Waals surface area contributed by atoms with E-state index in [9.17, 15) is 17.6 Å². The summed E-state index contributed by atoms with van der Waals surface area (Å²) < 4.78 is 39.6. The van der Waals surface area contributed by atoms with Crippen molar-refractivity contribution >= 4 is 15.9 Å². The zero-order chi connectivity index (χ0) is 17.5. The number of hydrogen-bond donors (Lipinski definition) is 3. The van der Waals surface area contributed by atoms with Gasteiger partial charge in [-0.3, -0.25) is 4.79 Å². The van der Waals surface area contributed by atoms with E-state index < -0.39 is 26.3 Å². The third-order valence-corrected chi connectivity index (χ3v) is 5.31. The molecular weight excluding hydrogens is 321 g/mol. The van der Waals surface area contributed by atoms with Gasteiger partial charge in [0.25, 0.3) is 0 Å². The van der Waals surface area contributed by atoms with Crippen molar-refractivity contribution in [3.8, 4) is 0 Å². The first-order chi connectivity index (χ1) is 10.7. The maximum Gasteiger partial charge on any atom is 0.243 e. The van der Waals surface area contributed by atoms with Crippen molar-refractivity contribution in [1.29, 1.82) is 0 Å². The quantitative estimate of drug-likeness (QED) is 0.624. The van der Waals surface area contributed by atoms with Crippen molar-refractivity contribution in [2.45, 2.75) is 43.5 Å². The second-order valence-electron chi connectivity index (χ2n) is 5.42. The summed E-state index contributed by atoms with van der Waals surface area (Å²) in [6, 6.07) is 5.07. The second kappa shape index (κ2) is 8.37. The summed E-state index contributed by atoms with van der Waals surface area (Å²) in [7, 11) is -3.97. The predicted octanol–water partition coefficient (Wildman–Crippen LogP) is 1.13. The van der Waals surface area contributed by atoms with Gasteiger partial charge < -0.3 is 11.1 Å². The van der Waals surface area contributed by atoms with E-state index in [2.05, 4.69) is 10.0 Å². The van der Waals surface area contributed by atoms with Crippen molar-refractivity contribution in [1.82, 2.24) is 10.0 Å². The van der Waals surface area contributed by atoms with Gasteiger partial charge in [0.15, 0.2) is 0 Å². The lowest BCUT2D eigenvalue weighted by atomic mass is 9.94. The smallest absolute Gasteiger partial charge is 0.243 e. The minimum Gasteiger partial charge on any atom is -0.354 e. The number of sulfonamides is 1. The zero-order valence-corrected chi connectivity index (χ0v) is 14.2. The molecule has 0 saturated carbocycles. The molecule has 0 aromatic heterocycles. The Labute approximate surface area is 136 Å². The average Bonchev–Trinajstić information content (AvgIpc) is 2.52. The molecule has 0 fully saturated rings. The minimum absolute atomic E-state index is 0.0445. The molecule has 8 heteroatoms. The normalized spacial score (nSPS) is 12.2. The number of carbonyl (C=O) groups is 1. The van der Waals surface area contributed by atoms with E-state index in [0.29, 0.717) is 6.54 Å². The number of rotatable bonds is 9. The molecule has 130 valence electrons. The first-order valence-electron chi connectivity index (χ1n) is 7.54. The summed E-state index contributed by atoms with van der Waals surface area (Å²) in [5.74, 6) is -1.14. The van der Waals surface area contributed by atoms with Crippen molar-refractivity contribution in [2.24, 2.45) is 5.73 Å². The summed E-state index contributed by atoms with van der Waals surface area (Å²) in [6.07, 6.45) is 1.41. The van der Waals surface area contributed by atoms with Crippen LogP contribution in [0.5, 0.6) is 0 Å². The first-order valence-corrected chi connectivity index (χ1v) is 9.02. The molecule has 6 nitrogen and oxygen atoms in total. The van der Waals surface area contributed by atoms with Crippen LogP contribution >= 0.6 is 0 Å². The molecule has 0 aliphatic carbocycles. The van der Waals surface area contributed by atoms with Gasteiger partial charge in [0.1, 0.15) is 10.7 Å². The summed E-state index contributed by atoms with van der Waals surface area (Å²) in [4.78, 5) is 11.3. The van der Waals surface area contributed by atoms with Crippen molar-refractivity contribution < 1.29 is 17.6 Å². The SMILES string of the molecule is CCC(N)(CC)CNC(=O)CCNS(=O)(=O)c1ccccc1F. The molecule has 0 spiro atoms. The predicted molar refractivity (Wildman–Crippen MR) is 86.7 cm³/mol. The summed E-state index contributed by atoms with van der Waals surface area (Å²) in [5, 5.41) is 2.69. The maximum absolute atomic E-state index is 13.5. The summed E-state index contributed by atoms with van der Waals surface area (Å²) in [6.45, 7) is 4.10. The Morgan fingerprint density at radius 2 is 1.87 bits per heavy atom. The monoisotopic (exact) mass is 345 g/mol. The first kappa shape index (κ1) is 19.5. The molecule has 0 aliphatic heterocycles. The van der Waals surface area contributed by atoms with Gasteiger partial charge >= 0.3 is 0 Å². The maximum atomic E-state index is 13.5. The molecule has 0 atom stereocenters. The van der Waals surface area contributed by atoms with Crippen molar-refractivity contribution in [3.05, 3.63) is 30.1 Å². The molecule has 0 saturated heterocycles. The molecule has 23 heavy (non-hydrogen) atoms. The van der Waals surface area contributed by atoms with E-state index in [1.165, 1.54) is 18.2 Å². The highest BCUT2D eigenvalue weighted by atomic mass is 32.2. The number of carbonyl (C=O) groups excluding carboxylic acids is 1. The van der Waals surface area contributed by atoms with Gasteiger partial charge in [0, 0.05) is 25.0 Å². The summed E-state index contributed by atoms with van der Waals surface area (Å²) >= 11 is 0. The molecule has 0 aliphatic rings. The van der Waals surface area contributed by atoms with Crippen LogP contribution in [-0.4, -0.2) is 33.0 Å². The van der Waals surface area contributed by atoms with Crippen LogP contribution in [-0.2, 0) is 14.8 Å². The number of halogens is 1. The Balaban J connectivity index is 2.48. The largest absolute Gasteiger partial charge is 0.354 e. The van der Waals surface area contributed by atoms with Gasteiger partial charge in [-0.25, -0.2) is 17.5 Å². The van der Waals surface area contributed by atoms with E-state index in [1.807, 2.05) is 13.8 Å². The molecule has 1 aromatic carbocycles. The number of nitrogens with one attached hydrogen (secondary N) is 2. The highest BCUT2D eigenvalue weighted by Crippen LogP contribution is 2.13. The lowest BCUT2D eigenvalue weighted by Crippen LogP contribution is -2.49. The number of amides is 1. The van der Waals surface area contributed by atoms with Crippen LogP contribution in [0.4, 0.5) is 4.39 Å². The van der Waals surface area contributed by atoms with E-state index in [1.54, 1.807) is 0 Å². The van der Waals surface area contributed by atoms with Crippen LogP contribution in [0.3, 0.4) is 0 Å². The molecule has 0 bridgehead atoms. The standard InChI is InChI=1S/C15H24FN3O3S/c1-3-15(17,4-2)11-18-14(20)9-10-19-23(21,22)13-8-6-5-7-12(13)16/h5-8,19H,3-4,9-11,17H2,1-2H3,(H,18,20). The highest BCUT2D eigenvalue weighted by molar-refractivity contribution is 7.89. The number of nitrogens with two attached hydrogens (primary N) is 1. The van der Waals surface area contributed by atoms with Crippen LogP contribution in [0, 0.1) is 5.82 Å². The minimum atomic E-state index is -3.97. The average molecular weight is 345 g/mol. The van der Waals surface area contributed by atoms with Gasteiger partial charge in [-0.05, 0) is 25.0 Å². The van der Waals surface area contributed by atoms with Crippen molar-refractivity contribution in [3.63, 3.8) is 0 Å². The van der Waals surface area contributed by atoms with E-state index in [4.69, 9.17) is 5.73 Å². The Morgan fingerprint density at radius 1 is 1.26 bits per heavy atom. The van der Waals surface area contributed by atoms with Crippen LogP contribution in [0.1, 0.15) is 33.1 Å². The zero-order valence-electron chi connectivity index (χ0n) is 13.4. The third kappa shape index (κ3) is 5.89. The van der Waals surface area contributed by atoms with E-state index in [-0.39, 0.29) is 18.9 Å². The van der Waals surface area contributed by atoms with Gasteiger partial charge in [-0.1, -0.05) is 26.0 Å². The topological polar surface area (TPSA) is 101 Å². The Kier molecular flexibility index (Phi) is 7.11. The van der Waals surface area contributed by atoms with Crippen molar-refractivity contribution in [2.75, 3.05) is 13.1 Å². The van der Waals surface area contributed by atoms with E-state index in [0.717, 1.165) is 18.9 Å². The molecule has 1 aromatic rings. The van der Waals surface area contributed by atoms with Gasteiger partial charge in [0.05, 0.1) is 0 Å². The van der Waals surface area contributed by atoms with Gasteiger partial charge in [0.2, 0.25) is 15.9 Å². The summed E-state index contributed by atoms with van der Waals surface area (Å²) in [5.41, 5.74) is 5.61. The second-order valence-corrected chi connectivity index (χ2v) is 7.16. The molecule has 1 rings (SSSR count). The fourth-order valence-electron chi connectivity index (χ4n) is 1.90. The van der Waals surface area contributed by atoms with Crippen LogP contribution in [0.15, 0.2) is 29.2 Å². The number of benzene rings is 1. The van der Waals surface area contributed by atoms with Gasteiger partial charge in [-0.2, -0.15) is 0 Å². The molecule has 0 unspecified atom stereocenters. The molecule has 4 N–H and O–H groups in total. The third-order valence-electron chi connectivity index (χ3n) is 3.82. The highest BCUT2D eigenvalue weighted by Gasteiger charge is 2.21. The van der Waals surface area contributed by atoms with Crippen LogP contribution < -0.4 is 15.8 Å². The molecular formula is C15H24FN3O3S. The Morgan fingerprint density at radius 3 is 2.43 bits per heavy atom. The molecule has 1 amide bonds. The van der Waals surface area contributed by atoms with Crippen LogP contribution in [0.2, 0.25) is 0 Å². The van der Waals surface area contributed by atoms with Gasteiger partial charge in [-0.15, -0.1) is 0 Å². The van der Waals surface area contributed by atoms with Crippen LogP contribution in [0.25, 0.3) is 0 Å². The Hall–Kier alpha value is -1.51. The fraction of sp³-hybridized carbons (Fsp3) is 0.533.